The number of piperidine rings is 1. The van der Waals surface area contributed by atoms with Crippen molar-refractivity contribution < 1.29 is 0 Å². The van der Waals surface area contributed by atoms with E-state index in [0.717, 1.165) is 25.3 Å². The number of hydrogen-bond donors (Lipinski definition) is 1. The van der Waals surface area contributed by atoms with Crippen molar-refractivity contribution in [3.8, 4) is 5.69 Å². The van der Waals surface area contributed by atoms with E-state index >= 15 is 0 Å². The SMILES string of the molecule is Cl.NCC1CCCCN1Cc1cnn(-c2ccccc2)c1. The molecule has 1 aromatic heterocycles. The number of nitrogens with two attached hydrogens (primary N) is 1. The van der Waals surface area contributed by atoms with Crippen LogP contribution in [0.3, 0.4) is 0 Å². The maximum atomic E-state index is 5.88. The summed E-state index contributed by atoms with van der Waals surface area (Å²) >= 11 is 0. The monoisotopic (exact) mass is 306 g/mol. The number of halogens is 1. The van der Waals surface area contributed by atoms with Crippen LogP contribution < -0.4 is 5.73 Å². The summed E-state index contributed by atoms with van der Waals surface area (Å²) in [6.45, 7) is 2.86. The molecule has 0 spiro atoms. The molecule has 114 valence electrons. The molecule has 1 aliphatic rings. The molecule has 1 unspecified atom stereocenters. The van der Waals surface area contributed by atoms with Gasteiger partial charge in [0.1, 0.15) is 0 Å². The molecular formula is C16H23ClN4. The van der Waals surface area contributed by atoms with E-state index in [-0.39, 0.29) is 12.4 Å². The highest BCUT2D eigenvalue weighted by atomic mass is 35.5. The van der Waals surface area contributed by atoms with E-state index in [1.54, 1.807) is 0 Å². The Labute approximate surface area is 132 Å². The van der Waals surface area contributed by atoms with Crippen molar-refractivity contribution in [2.24, 2.45) is 5.73 Å². The fourth-order valence-electron chi connectivity index (χ4n) is 2.93. The van der Waals surface area contributed by atoms with E-state index in [2.05, 4.69) is 28.3 Å². The zero-order valence-corrected chi connectivity index (χ0v) is 13.0. The Kier molecular flexibility index (Phi) is 5.79. The third kappa shape index (κ3) is 3.84. The minimum atomic E-state index is 0. The van der Waals surface area contributed by atoms with Crippen molar-refractivity contribution >= 4 is 12.4 Å². The fraction of sp³-hybridized carbons (Fsp3) is 0.438. The molecule has 4 nitrogen and oxygen atoms in total. The predicted molar refractivity (Wildman–Crippen MR) is 87.9 cm³/mol. The van der Waals surface area contributed by atoms with Gasteiger partial charge in [0.05, 0.1) is 11.9 Å². The van der Waals surface area contributed by atoms with Gasteiger partial charge in [0.25, 0.3) is 0 Å². The van der Waals surface area contributed by atoms with E-state index < -0.39 is 0 Å². The standard InChI is InChI=1S/C16H22N4.ClH/c17-10-16-8-4-5-9-19(16)12-14-11-18-20(13-14)15-6-2-1-3-7-15;/h1-3,6-7,11,13,16H,4-5,8-10,12,17H2;1H. The van der Waals surface area contributed by atoms with E-state index in [0.29, 0.717) is 6.04 Å². The summed E-state index contributed by atoms with van der Waals surface area (Å²) in [5, 5.41) is 4.46. The van der Waals surface area contributed by atoms with Crippen LogP contribution in [0.25, 0.3) is 5.69 Å². The van der Waals surface area contributed by atoms with E-state index in [1.165, 1.54) is 24.8 Å². The molecule has 0 saturated carbocycles. The van der Waals surface area contributed by atoms with Gasteiger partial charge in [-0.15, -0.1) is 12.4 Å². The molecule has 1 aromatic carbocycles. The summed E-state index contributed by atoms with van der Waals surface area (Å²) in [7, 11) is 0. The van der Waals surface area contributed by atoms with Crippen LogP contribution in [-0.2, 0) is 6.54 Å². The van der Waals surface area contributed by atoms with Crippen molar-refractivity contribution in [2.45, 2.75) is 31.8 Å². The lowest BCUT2D eigenvalue weighted by Crippen LogP contribution is -2.43. The van der Waals surface area contributed by atoms with Gasteiger partial charge < -0.3 is 5.73 Å². The predicted octanol–water partition coefficient (Wildman–Crippen LogP) is 2.61. The minimum Gasteiger partial charge on any atom is -0.329 e. The molecule has 21 heavy (non-hydrogen) atoms. The molecule has 2 heterocycles. The van der Waals surface area contributed by atoms with Gasteiger partial charge in [-0.2, -0.15) is 5.10 Å². The number of nitrogens with zero attached hydrogens (tertiary/aromatic N) is 3. The smallest absolute Gasteiger partial charge is 0.0645 e. The highest BCUT2D eigenvalue weighted by Crippen LogP contribution is 2.19. The van der Waals surface area contributed by atoms with Crippen molar-refractivity contribution in [1.29, 1.82) is 0 Å². The lowest BCUT2D eigenvalue weighted by molar-refractivity contribution is 0.145. The largest absolute Gasteiger partial charge is 0.329 e. The maximum absolute atomic E-state index is 5.88. The zero-order valence-electron chi connectivity index (χ0n) is 12.2. The van der Waals surface area contributed by atoms with E-state index in [1.807, 2.05) is 29.1 Å². The van der Waals surface area contributed by atoms with Gasteiger partial charge in [-0.05, 0) is 31.5 Å². The van der Waals surface area contributed by atoms with Gasteiger partial charge in [0, 0.05) is 30.9 Å². The summed E-state index contributed by atoms with van der Waals surface area (Å²) in [5.41, 5.74) is 8.24. The second-order valence-corrected chi connectivity index (χ2v) is 5.48. The molecule has 2 N–H and O–H groups in total. The number of likely N-dealkylation sites (tertiary alicyclic amines) is 1. The highest BCUT2D eigenvalue weighted by molar-refractivity contribution is 5.85. The number of para-hydroxylation sites is 1. The summed E-state index contributed by atoms with van der Waals surface area (Å²) in [6, 6.07) is 10.8. The van der Waals surface area contributed by atoms with E-state index in [9.17, 15) is 0 Å². The van der Waals surface area contributed by atoms with Crippen molar-refractivity contribution in [1.82, 2.24) is 14.7 Å². The first-order chi connectivity index (χ1) is 9.86. The van der Waals surface area contributed by atoms with Crippen LogP contribution in [0.15, 0.2) is 42.7 Å². The molecule has 0 radical (unpaired) electrons. The first-order valence-corrected chi connectivity index (χ1v) is 7.40. The van der Waals surface area contributed by atoms with Crippen LogP contribution in [-0.4, -0.2) is 33.8 Å². The average molecular weight is 307 g/mol. The third-order valence-electron chi connectivity index (χ3n) is 4.06. The van der Waals surface area contributed by atoms with Gasteiger partial charge in [0.2, 0.25) is 0 Å². The molecule has 1 aliphatic heterocycles. The number of rotatable bonds is 4. The second kappa shape index (κ2) is 7.59. The third-order valence-corrected chi connectivity index (χ3v) is 4.06. The summed E-state index contributed by atoms with van der Waals surface area (Å²) in [6.07, 6.45) is 7.90. The van der Waals surface area contributed by atoms with Crippen LogP contribution in [0.5, 0.6) is 0 Å². The minimum absolute atomic E-state index is 0. The van der Waals surface area contributed by atoms with Crippen LogP contribution in [0.4, 0.5) is 0 Å². The Balaban J connectivity index is 0.00000161. The zero-order chi connectivity index (χ0) is 13.8. The number of aromatic nitrogens is 2. The first-order valence-electron chi connectivity index (χ1n) is 7.40. The maximum Gasteiger partial charge on any atom is 0.0645 e. The molecule has 0 aliphatic carbocycles. The molecule has 2 aromatic rings. The highest BCUT2D eigenvalue weighted by Gasteiger charge is 2.21. The van der Waals surface area contributed by atoms with Crippen LogP contribution in [0, 0.1) is 0 Å². The average Bonchev–Trinajstić information content (AvgIpc) is 2.97. The van der Waals surface area contributed by atoms with Crippen LogP contribution in [0.1, 0.15) is 24.8 Å². The van der Waals surface area contributed by atoms with Gasteiger partial charge in [-0.25, -0.2) is 4.68 Å². The molecule has 0 bridgehead atoms. The first kappa shape index (κ1) is 16.0. The topological polar surface area (TPSA) is 47.1 Å². The van der Waals surface area contributed by atoms with Gasteiger partial charge in [-0.3, -0.25) is 4.90 Å². The van der Waals surface area contributed by atoms with Crippen LogP contribution >= 0.6 is 12.4 Å². The molecule has 1 saturated heterocycles. The summed E-state index contributed by atoms with van der Waals surface area (Å²) in [5.74, 6) is 0. The molecule has 0 amide bonds. The quantitative estimate of drug-likeness (QED) is 0.944. The van der Waals surface area contributed by atoms with E-state index in [4.69, 9.17) is 5.73 Å². The number of hydrogen-bond acceptors (Lipinski definition) is 3. The van der Waals surface area contributed by atoms with Gasteiger partial charge in [0.15, 0.2) is 0 Å². The Bertz CT molecular complexity index is 540. The Morgan fingerprint density at radius 2 is 2.00 bits per heavy atom. The fourth-order valence-corrected chi connectivity index (χ4v) is 2.93. The summed E-state index contributed by atoms with van der Waals surface area (Å²) in [4.78, 5) is 2.50. The molecule has 5 heteroatoms. The molecule has 1 atom stereocenters. The van der Waals surface area contributed by atoms with Crippen molar-refractivity contribution in [3.63, 3.8) is 0 Å². The summed E-state index contributed by atoms with van der Waals surface area (Å²) < 4.78 is 1.94. The lowest BCUT2D eigenvalue weighted by Gasteiger charge is -2.34. The molecule has 1 fully saturated rings. The number of benzene rings is 1. The van der Waals surface area contributed by atoms with Gasteiger partial charge >= 0.3 is 0 Å². The Hall–Kier alpha value is -1.36. The normalized spacial score (nSPS) is 19.2. The van der Waals surface area contributed by atoms with Crippen LogP contribution in [0.2, 0.25) is 0 Å². The Morgan fingerprint density at radius 3 is 2.76 bits per heavy atom. The molecule has 3 rings (SSSR count). The second-order valence-electron chi connectivity index (χ2n) is 5.48. The van der Waals surface area contributed by atoms with Gasteiger partial charge in [-0.1, -0.05) is 24.6 Å². The van der Waals surface area contributed by atoms with Crippen molar-refractivity contribution in [3.05, 3.63) is 48.3 Å². The molecular weight excluding hydrogens is 284 g/mol. The Morgan fingerprint density at radius 1 is 1.19 bits per heavy atom. The van der Waals surface area contributed by atoms with Crippen molar-refractivity contribution in [2.75, 3.05) is 13.1 Å². The lowest BCUT2D eigenvalue weighted by atomic mass is 10.0.